The lowest BCUT2D eigenvalue weighted by molar-refractivity contribution is -0.121. The molecule has 1 aliphatic heterocycles. The van der Waals surface area contributed by atoms with Gasteiger partial charge in [-0.3, -0.25) is 14.5 Å². The van der Waals surface area contributed by atoms with Gasteiger partial charge in [0, 0.05) is 4.90 Å². The van der Waals surface area contributed by atoms with E-state index in [1.807, 2.05) is 84.9 Å². The number of para-hydroxylation sites is 2. The lowest BCUT2D eigenvalue weighted by atomic mass is 10.1. The van der Waals surface area contributed by atoms with Crippen LogP contribution in [0.2, 0.25) is 0 Å². The Morgan fingerprint density at radius 3 is 2.26 bits per heavy atom. The summed E-state index contributed by atoms with van der Waals surface area (Å²) in [7, 11) is 0. The number of amides is 2. The Balaban J connectivity index is 1.72. The van der Waals surface area contributed by atoms with Gasteiger partial charge in [0.2, 0.25) is 11.8 Å². The van der Waals surface area contributed by atoms with Crippen LogP contribution in [-0.2, 0) is 9.59 Å². The first-order valence-electron chi connectivity index (χ1n) is 8.69. The van der Waals surface area contributed by atoms with Crippen molar-refractivity contribution in [2.75, 3.05) is 16.8 Å². The molecule has 0 bridgehead atoms. The molecule has 0 fully saturated rings. The Kier molecular flexibility index (Phi) is 4.94. The molecule has 0 saturated heterocycles. The molecule has 4 rings (SSSR count). The van der Waals surface area contributed by atoms with Crippen molar-refractivity contribution < 1.29 is 9.59 Å². The summed E-state index contributed by atoms with van der Waals surface area (Å²) in [6.07, 6.45) is 0. The number of hydrogen-bond donors (Lipinski definition) is 1. The van der Waals surface area contributed by atoms with Gasteiger partial charge in [-0.25, -0.2) is 0 Å². The molecule has 2 amide bonds. The highest BCUT2D eigenvalue weighted by molar-refractivity contribution is 8.00. The van der Waals surface area contributed by atoms with Gasteiger partial charge in [0.05, 0.1) is 11.4 Å². The summed E-state index contributed by atoms with van der Waals surface area (Å²) in [5, 5.41) is 2.40. The van der Waals surface area contributed by atoms with Crippen LogP contribution in [0.3, 0.4) is 0 Å². The first kappa shape index (κ1) is 17.4. The summed E-state index contributed by atoms with van der Waals surface area (Å²) in [6, 6.07) is 26.9. The standard InChI is InChI=1S/C22H18N2O2S/c25-20-15-24(19-14-8-7-13-18(19)23-20)22(26)21(16-9-3-1-4-10-16)27-17-11-5-2-6-12-17/h1-14,21H,15H2,(H,23,25)/t21-/m1/s1. The van der Waals surface area contributed by atoms with E-state index in [1.54, 1.807) is 4.90 Å². The predicted octanol–water partition coefficient (Wildman–Crippen LogP) is 4.51. The molecule has 0 radical (unpaired) electrons. The van der Waals surface area contributed by atoms with E-state index in [1.165, 1.54) is 11.8 Å². The third kappa shape index (κ3) is 3.73. The molecule has 3 aromatic carbocycles. The normalized spacial score (nSPS) is 14.2. The molecule has 0 aliphatic carbocycles. The van der Waals surface area contributed by atoms with E-state index in [9.17, 15) is 9.59 Å². The van der Waals surface area contributed by atoms with Crippen LogP contribution >= 0.6 is 11.8 Å². The molecule has 0 saturated carbocycles. The van der Waals surface area contributed by atoms with E-state index in [0.29, 0.717) is 5.69 Å². The second-order valence-corrected chi connectivity index (χ2v) is 7.39. The Labute approximate surface area is 162 Å². The fourth-order valence-corrected chi connectivity index (χ4v) is 4.20. The van der Waals surface area contributed by atoms with Crippen molar-refractivity contribution in [1.82, 2.24) is 0 Å². The number of thioether (sulfide) groups is 1. The number of fused-ring (bicyclic) bond motifs is 1. The molecule has 1 aliphatic rings. The highest BCUT2D eigenvalue weighted by Gasteiger charge is 2.32. The third-order valence-corrected chi connectivity index (χ3v) is 5.61. The monoisotopic (exact) mass is 374 g/mol. The minimum Gasteiger partial charge on any atom is -0.323 e. The first-order chi connectivity index (χ1) is 13.2. The Morgan fingerprint density at radius 1 is 0.889 bits per heavy atom. The number of carbonyl (C=O) groups is 2. The largest absolute Gasteiger partial charge is 0.323 e. The fraction of sp³-hybridized carbons (Fsp3) is 0.0909. The Hall–Kier alpha value is -3.05. The molecule has 4 nitrogen and oxygen atoms in total. The van der Waals surface area contributed by atoms with Crippen molar-refractivity contribution in [2.45, 2.75) is 10.1 Å². The average molecular weight is 374 g/mol. The highest BCUT2D eigenvalue weighted by Crippen LogP contribution is 2.39. The van der Waals surface area contributed by atoms with Gasteiger partial charge < -0.3 is 5.32 Å². The van der Waals surface area contributed by atoms with Gasteiger partial charge in [0.15, 0.2) is 0 Å². The molecule has 0 aromatic heterocycles. The third-order valence-electron chi connectivity index (χ3n) is 4.36. The summed E-state index contributed by atoms with van der Waals surface area (Å²) in [4.78, 5) is 28.3. The number of hydrogen-bond acceptors (Lipinski definition) is 3. The van der Waals surface area contributed by atoms with Gasteiger partial charge in [-0.1, -0.05) is 60.7 Å². The zero-order valence-corrected chi connectivity index (χ0v) is 15.4. The van der Waals surface area contributed by atoms with Crippen LogP contribution in [0.15, 0.2) is 89.8 Å². The molecule has 27 heavy (non-hydrogen) atoms. The van der Waals surface area contributed by atoms with Gasteiger partial charge >= 0.3 is 0 Å². The van der Waals surface area contributed by atoms with Crippen molar-refractivity contribution in [1.29, 1.82) is 0 Å². The van der Waals surface area contributed by atoms with Crippen LogP contribution in [-0.4, -0.2) is 18.4 Å². The van der Waals surface area contributed by atoms with Crippen LogP contribution in [0.1, 0.15) is 10.8 Å². The SMILES string of the molecule is O=C1CN(C(=O)[C@H](Sc2ccccc2)c2ccccc2)c2ccccc2N1. The van der Waals surface area contributed by atoms with Crippen LogP contribution < -0.4 is 10.2 Å². The average Bonchev–Trinajstić information content (AvgIpc) is 2.72. The zero-order valence-electron chi connectivity index (χ0n) is 14.5. The van der Waals surface area contributed by atoms with Crippen molar-refractivity contribution in [3.8, 4) is 0 Å². The minimum absolute atomic E-state index is 0.0224. The smallest absolute Gasteiger partial charge is 0.245 e. The molecular formula is C22H18N2O2S. The number of benzene rings is 3. The van der Waals surface area contributed by atoms with E-state index in [4.69, 9.17) is 0 Å². The maximum Gasteiger partial charge on any atom is 0.245 e. The summed E-state index contributed by atoms with van der Waals surface area (Å²) in [5.74, 6) is -0.282. The summed E-state index contributed by atoms with van der Waals surface area (Å²) >= 11 is 1.50. The Morgan fingerprint density at radius 2 is 1.52 bits per heavy atom. The first-order valence-corrected chi connectivity index (χ1v) is 9.57. The lowest BCUT2D eigenvalue weighted by Gasteiger charge is -2.32. The van der Waals surface area contributed by atoms with Crippen LogP contribution in [0.5, 0.6) is 0 Å². The second kappa shape index (κ2) is 7.68. The van der Waals surface area contributed by atoms with Crippen molar-refractivity contribution in [2.24, 2.45) is 0 Å². The molecule has 1 heterocycles. The molecular weight excluding hydrogens is 356 g/mol. The number of carbonyl (C=O) groups excluding carboxylic acids is 2. The van der Waals surface area contributed by atoms with E-state index >= 15 is 0 Å². The molecule has 1 atom stereocenters. The number of nitrogens with zero attached hydrogens (tertiary/aromatic N) is 1. The summed E-state index contributed by atoms with van der Waals surface area (Å²) in [5.41, 5.74) is 2.31. The van der Waals surface area contributed by atoms with Crippen molar-refractivity contribution in [3.63, 3.8) is 0 Å². The summed E-state index contributed by atoms with van der Waals surface area (Å²) < 4.78 is 0. The maximum atomic E-state index is 13.5. The number of nitrogens with one attached hydrogen (secondary N) is 1. The molecule has 0 unspecified atom stereocenters. The zero-order chi connectivity index (χ0) is 18.6. The molecule has 5 heteroatoms. The van der Waals surface area contributed by atoms with Crippen LogP contribution in [0.4, 0.5) is 11.4 Å². The molecule has 134 valence electrons. The quantitative estimate of drug-likeness (QED) is 0.684. The topological polar surface area (TPSA) is 49.4 Å². The van der Waals surface area contributed by atoms with E-state index in [-0.39, 0.29) is 18.4 Å². The molecule has 1 N–H and O–H groups in total. The van der Waals surface area contributed by atoms with Gasteiger partial charge in [-0.15, -0.1) is 11.8 Å². The van der Waals surface area contributed by atoms with Crippen molar-refractivity contribution >= 4 is 35.0 Å². The van der Waals surface area contributed by atoms with E-state index in [0.717, 1.165) is 16.1 Å². The Bertz CT molecular complexity index is 960. The maximum absolute atomic E-state index is 13.5. The highest BCUT2D eigenvalue weighted by atomic mass is 32.2. The van der Waals surface area contributed by atoms with Crippen molar-refractivity contribution in [3.05, 3.63) is 90.5 Å². The van der Waals surface area contributed by atoms with Gasteiger partial charge in [0.25, 0.3) is 0 Å². The number of anilines is 2. The number of rotatable bonds is 4. The van der Waals surface area contributed by atoms with Crippen LogP contribution in [0.25, 0.3) is 0 Å². The minimum atomic E-state index is -0.437. The van der Waals surface area contributed by atoms with E-state index in [2.05, 4.69) is 5.32 Å². The lowest BCUT2D eigenvalue weighted by Crippen LogP contribution is -2.43. The van der Waals surface area contributed by atoms with E-state index < -0.39 is 5.25 Å². The van der Waals surface area contributed by atoms with Gasteiger partial charge in [-0.2, -0.15) is 0 Å². The molecule has 0 spiro atoms. The summed E-state index contributed by atoms with van der Waals surface area (Å²) in [6.45, 7) is 0.0224. The van der Waals surface area contributed by atoms with Gasteiger partial charge in [-0.05, 0) is 29.8 Å². The predicted molar refractivity (Wildman–Crippen MR) is 109 cm³/mol. The fourth-order valence-electron chi connectivity index (χ4n) is 3.10. The van der Waals surface area contributed by atoms with Crippen LogP contribution in [0, 0.1) is 0 Å². The second-order valence-electron chi connectivity index (χ2n) is 6.21. The van der Waals surface area contributed by atoms with Gasteiger partial charge in [0.1, 0.15) is 11.8 Å². The molecule has 3 aromatic rings.